The molecule has 1 aromatic heterocycles. The Morgan fingerprint density at radius 3 is 2.58 bits per heavy atom. The highest BCUT2D eigenvalue weighted by Crippen LogP contribution is 2.30. The summed E-state index contributed by atoms with van der Waals surface area (Å²) in [7, 11) is 3.19. The van der Waals surface area contributed by atoms with Gasteiger partial charge in [0, 0.05) is 16.8 Å². The molecule has 0 radical (unpaired) electrons. The number of hydrogen-bond donors (Lipinski definition) is 2. The first-order chi connectivity index (χ1) is 12.6. The van der Waals surface area contributed by atoms with Crippen molar-refractivity contribution in [3.05, 3.63) is 53.2 Å². The molecule has 0 aliphatic carbocycles. The predicted octanol–water partition coefficient (Wildman–Crippen LogP) is 4.34. The van der Waals surface area contributed by atoms with E-state index >= 15 is 0 Å². The average Bonchev–Trinajstić information content (AvgIpc) is 2.65. The van der Waals surface area contributed by atoms with Crippen molar-refractivity contribution in [1.29, 1.82) is 0 Å². The number of nitrogens with zero attached hydrogens (tertiary/aromatic N) is 3. The lowest BCUT2D eigenvalue weighted by Gasteiger charge is -2.12. The summed E-state index contributed by atoms with van der Waals surface area (Å²) in [4.78, 5) is 4.41. The van der Waals surface area contributed by atoms with Gasteiger partial charge in [-0.2, -0.15) is 10.1 Å². The van der Waals surface area contributed by atoms with Crippen molar-refractivity contribution >= 4 is 34.7 Å². The fourth-order valence-electron chi connectivity index (χ4n) is 2.27. The van der Waals surface area contributed by atoms with Crippen LogP contribution in [0.2, 0.25) is 5.02 Å². The molecule has 0 fully saturated rings. The van der Waals surface area contributed by atoms with Crippen molar-refractivity contribution in [2.24, 2.45) is 0 Å². The Morgan fingerprint density at radius 1 is 1.00 bits per heavy atom. The van der Waals surface area contributed by atoms with Crippen LogP contribution in [0, 0.1) is 6.92 Å². The number of nitrogens with one attached hydrogen (secondary N) is 2. The summed E-state index contributed by atoms with van der Waals surface area (Å²) in [5.74, 6) is 2.17. The number of aryl methyl sites for hydroxylation is 1. The topological polar surface area (TPSA) is 81.2 Å². The molecule has 7 nitrogen and oxygen atoms in total. The van der Waals surface area contributed by atoms with E-state index in [0.29, 0.717) is 34.0 Å². The Balaban J connectivity index is 1.82. The fourth-order valence-corrected chi connectivity index (χ4v) is 2.45. The summed E-state index contributed by atoms with van der Waals surface area (Å²) in [5.41, 5.74) is 2.49. The van der Waals surface area contributed by atoms with Gasteiger partial charge in [0.15, 0.2) is 5.82 Å². The number of aromatic nitrogens is 3. The van der Waals surface area contributed by atoms with E-state index < -0.39 is 0 Å². The molecule has 2 aromatic carbocycles. The second-order valence-electron chi connectivity index (χ2n) is 5.45. The number of ether oxygens (including phenoxy) is 2. The number of halogens is 1. The highest BCUT2D eigenvalue weighted by atomic mass is 35.5. The number of anilines is 4. The van der Waals surface area contributed by atoms with Gasteiger partial charge in [-0.05, 0) is 36.8 Å². The van der Waals surface area contributed by atoms with Crippen LogP contribution in [0.3, 0.4) is 0 Å². The first-order valence-electron chi connectivity index (χ1n) is 7.81. The molecule has 0 spiro atoms. The SMILES string of the molecule is COc1ccc(OC)c(Nc2nncc(Nc3ccc(C)c(Cl)c3)n2)c1. The van der Waals surface area contributed by atoms with Crippen molar-refractivity contribution in [3.8, 4) is 11.5 Å². The molecule has 134 valence electrons. The lowest BCUT2D eigenvalue weighted by molar-refractivity contribution is 0.405. The van der Waals surface area contributed by atoms with E-state index in [1.54, 1.807) is 26.4 Å². The van der Waals surface area contributed by atoms with E-state index in [-0.39, 0.29) is 0 Å². The van der Waals surface area contributed by atoms with Crippen LogP contribution in [0.4, 0.5) is 23.1 Å². The van der Waals surface area contributed by atoms with Crippen LogP contribution in [-0.2, 0) is 0 Å². The van der Waals surface area contributed by atoms with Crippen LogP contribution in [0.1, 0.15) is 5.56 Å². The van der Waals surface area contributed by atoms with Gasteiger partial charge in [0.25, 0.3) is 0 Å². The zero-order valence-corrected chi connectivity index (χ0v) is 15.3. The third-order valence-corrected chi connectivity index (χ3v) is 4.06. The van der Waals surface area contributed by atoms with Crippen molar-refractivity contribution in [1.82, 2.24) is 15.2 Å². The van der Waals surface area contributed by atoms with Gasteiger partial charge >= 0.3 is 0 Å². The van der Waals surface area contributed by atoms with E-state index in [4.69, 9.17) is 21.1 Å². The van der Waals surface area contributed by atoms with Gasteiger partial charge in [-0.15, -0.1) is 5.10 Å². The summed E-state index contributed by atoms with van der Waals surface area (Å²) in [6.07, 6.45) is 1.53. The summed E-state index contributed by atoms with van der Waals surface area (Å²) >= 11 is 6.15. The molecular formula is C18H18ClN5O2. The number of hydrogen-bond acceptors (Lipinski definition) is 7. The summed E-state index contributed by atoms with van der Waals surface area (Å²) < 4.78 is 10.6. The molecule has 1 heterocycles. The molecular weight excluding hydrogens is 354 g/mol. The van der Waals surface area contributed by atoms with Gasteiger partial charge in [-0.1, -0.05) is 17.7 Å². The minimum absolute atomic E-state index is 0.319. The minimum Gasteiger partial charge on any atom is -0.497 e. The Kier molecular flexibility index (Phi) is 5.38. The van der Waals surface area contributed by atoms with Crippen molar-refractivity contribution in [2.75, 3.05) is 24.9 Å². The molecule has 0 bridgehead atoms. The van der Waals surface area contributed by atoms with Crippen molar-refractivity contribution in [3.63, 3.8) is 0 Å². The zero-order valence-electron chi connectivity index (χ0n) is 14.6. The standard InChI is InChI=1S/C18H18ClN5O2/c1-11-4-5-12(8-14(11)19)21-17-10-20-24-18(23-17)22-15-9-13(25-2)6-7-16(15)26-3/h4-10H,1-3H3,(H2,21,22,23,24). The van der Waals surface area contributed by atoms with E-state index in [9.17, 15) is 0 Å². The van der Waals surface area contributed by atoms with Crippen LogP contribution in [0.15, 0.2) is 42.6 Å². The van der Waals surface area contributed by atoms with Crippen LogP contribution >= 0.6 is 11.6 Å². The monoisotopic (exact) mass is 371 g/mol. The van der Waals surface area contributed by atoms with E-state index in [0.717, 1.165) is 11.3 Å². The van der Waals surface area contributed by atoms with Gasteiger partial charge in [-0.25, -0.2) is 0 Å². The minimum atomic E-state index is 0.319. The third kappa shape index (κ3) is 4.12. The van der Waals surface area contributed by atoms with Crippen LogP contribution in [-0.4, -0.2) is 29.4 Å². The molecule has 8 heteroatoms. The number of rotatable bonds is 6. The smallest absolute Gasteiger partial charge is 0.249 e. The Hall–Kier alpha value is -3.06. The van der Waals surface area contributed by atoms with Gasteiger partial charge in [0.05, 0.1) is 26.1 Å². The molecule has 0 atom stereocenters. The quantitative estimate of drug-likeness (QED) is 0.667. The molecule has 0 amide bonds. The average molecular weight is 372 g/mol. The summed E-state index contributed by atoms with van der Waals surface area (Å²) in [6.45, 7) is 1.95. The first-order valence-corrected chi connectivity index (χ1v) is 8.19. The van der Waals surface area contributed by atoms with E-state index in [1.807, 2.05) is 31.2 Å². The third-order valence-electron chi connectivity index (χ3n) is 3.66. The lowest BCUT2D eigenvalue weighted by atomic mass is 10.2. The number of methoxy groups -OCH3 is 2. The fraction of sp³-hybridized carbons (Fsp3) is 0.167. The van der Waals surface area contributed by atoms with Crippen LogP contribution < -0.4 is 20.1 Å². The molecule has 0 aliphatic rings. The lowest BCUT2D eigenvalue weighted by Crippen LogP contribution is -2.03. The van der Waals surface area contributed by atoms with Crippen molar-refractivity contribution < 1.29 is 9.47 Å². The van der Waals surface area contributed by atoms with Crippen LogP contribution in [0.25, 0.3) is 0 Å². The predicted molar refractivity (Wildman–Crippen MR) is 102 cm³/mol. The highest BCUT2D eigenvalue weighted by Gasteiger charge is 2.08. The van der Waals surface area contributed by atoms with Crippen molar-refractivity contribution in [2.45, 2.75) is 6.92 Å². The van der Waals surface area contributed by atoms with E-state index in [1.165, 1.54) is 6.20 Å². The van der Waals surface area contributed by atoms with Gasteiger partial charge in [-0.3, -0.25) is 0 Å². The maximum Gasteiger partial charge on any atom is 0.249 e. The molecule has 0 saturated carbocycles. The maximum atomic E-state index is 6.15. The molecule has 0 aliphatic heterocycles. The van der Waals surface area contributed by atoms with E-state index in [2.05, 4.69) is 25.8 Å². The molecule has 2 N–H and O–H groups in total. The number of benzene rings is 2. The second kappa shape index (κ2) is 7.88. The maximum absolute atomic E-state index is 6.15. The van der Waals surface area contributed by atoms with Gasteiger partial charge < -0.3 is 20.1 Å². The Labute approximate surface area is 156 Å². The van der Waals surface area contributed by atoms with Gasteiger partial charge in [0.2, 0.25) is 5.95 Å². The van der Waals surface area contributed by atoms with Crippen LogP contribution in [0.5, 0.6) is 11.5 Å². The molecule has 26 heavy (non-hydrogen) atoms. The Morgan fingerprint density at radius 2 is 1.85 bits per heavy atom. The van der Waals surface area contributed by atoms with Gasteiger partial charge in [0.1, 0.15) is 11.5 Å². The zero-order chi connectivity index (χ0) is 18.5. The summed E-state index contributed by atoms with van der Waals surface area (Å²) in [5, 5.41) is 14.9. The molecule has 3 rings (SSSR count). The molecule has 3 aromatic rings. The normalized spacial score (nSPS) is 10.3. The Bertz CT molecular complexity index is 920. The largest absolute Gasteiger partial charge is 0.497 e. The molecule has 0 unspecified atom stereocenters. The second-order valence-corrected chi connectivity index (χ2v) is 5.85. The highest BCUT2D eigenvalue weighted by molar-refractivity contribution is 6.31. The summed E-state index contributed by atoms with van der Waals surface area (Å²) in [6, 6.07) is 11.1. The molecule has 0 saturated heterocycles. The first kappa shape index (κ1) is 17.8.